The summed E-state index contributed by atoms with van der Waals surface area (Å²) in [5.74, 6) is 0.938. The average molecular weight is 287 g/mol. The molecule has 1 heterocycles. The number of carbonyl (C=O) groups excluding carboxylic acids is 1. The number of aryl methyl sites for hydroxylation is 2. The maximum absolute atomic E-state index is 11.6. The lowest BCUT2D eigenvalue weighted by Gasteiger charge is -2.10. The summed E-state index contributed by atoms with van der Waals surface area (Å²) in [7, 11) is 1.37. The first-order valence-electron chi connectivity index (χ1n) is 7.15. The number of nitrogens with one attached hydrogen (secondary N) is 1. The van der Waals surface area contributed by atoms with E-state index in [-0.39, 0.29) is 5.97 Å². The second-order valence-electron chi connectivity index (χ2n) is 4.93. The Bertz CT molecular complexity index is 616. The Hall–Kier alpha value is -2.23. The lowest BCUT2D eigenvalue weighted by Crippen LogP contribution is -2.02. The lowest BCUT2D eigenvalue weighted by atomic mass is 10.1. The van der Waals surface area contributed by atoms with Crippen LogP contribution in [0.3, 0.4) is 0 Å². The van der Waals surface area contributed by atoms with Crippen LogP contribution >= 0.6 is 0 Å². The molecule has 0 spiro atoms. The van der Waals surface area contributed by atoms with Crippen LogP contribution in [-0.4, -0.2) is 13.1 Å². The molecule has 2 aromatic rings. The van der Waals surface area contributed by atoms with Gasteiger partial charge in [-0.15, -0.1) is 0 Å². The Morgan fingerprint density at radius 3 is 2.81 bits per heavy atom. The molecule has 1 aromatic carbocycles. The van der Waals surface area contributed by atoms with E-state index in [1.165, 1.54) is 12.7 Å². The summed E-state index contributed by atoms with van der Waals surface area (Å²) in [6.07, 6.45) is 2.14. The molecule has 0 bridgehead atoms. The van der Waals surface area contributed by atoms with Crippen molar-refractivity contribution in [2.75, 3.05) is 12.4 Å². The van der Waals surface area contributed by atoms with Gasteiger partial charge >= 0.3 is 5.97 Å². The number of hydrogen-bond donors (Lipinski definition) is 1. The molecule has 1 aromatic heterocycles. The van der Waals surface area contributed by atoms with E-state index in [9.17, 15) is 4.79 Å². The largest absolute Gasteiger partial charge is 0.465 e. The lowest BCUT2D eigenvalue weighted by molar-refractivity contribution is 0.0599. The number of methoxy groups -OCH3 is 1. The van der Waals surface area contributed by atoms with E-state index in [2.05, 4.69) is 24.4 Å². The fourth-order valence-electron chi connectivity index (χ4n) is 2.31. The molecule has 0 fully saturated rings. The first kappa shape index (κ1) is 15.2. The number of hydrogen-bond acceptors (Lipinski definition) is 4. The summed E-state index contributed by atoms with van der Waals surface area (Å²) < 4.78 is 10.3. The summed E-state index contributed by atoms with van der Waals surface area (Å²) in [5.41, 5.74) is 2.88. The quantitative estimate of drug-likeness (QED) is 0.818. The van der Waals surface area contributed by atoms with E-state index in [4.69, 9.17) is 9.15 Å². The highest BCUT2D eigenvalue weighted by Gasteiger charge is 2.15. The van der Waals surface area contributed by atoms with E-state index in [0.29, 0.717) is 17.9 Å². The van der Waals surface area contributed by atoms with Crippen molar-refractivity contribution in [1.29, 1.82) is 0 Å². The third-order valence-corrected chi connectivity index (χ3v) is 3.36. The second-order valence-corrected chi connectivity index (χ2v) is 4.93. The maximum atomic E-state index is 11.6. The molecular weight excluding hydrogens is 266 g/mol. The van der Waals surface area contributed by atoms with Gasteiger partial charge in [0, 0.05) is 5.69 Å². The number of para-hydroxylation sites is 1. The summed E-state index contributed by atoms with van der Waals surface area (Å²) in [5, 5.41) is 3.37. The molecule has 112 valence electrons. The van der Waals surface area contributed by atoms with Crippen molar-refractivity contribution in [2.45, 2.75) is 33.2 Å². The SMILES string of the molecule is CCCc1ccccc1NCc1cc(C(=O)OC)c(C)o1. The van der Waals surface area contributed by atoms with E-state index < -0.39 is 0 Å². The molecule has 0 saturated heterocycles. The molecule has 0 aliphatic rings. The molecule has 0 unspecified atom stereocenters. The number of carbonyl (C=O) groups is 1. The van der Waals surface area contributed by atoms with Crippen LogP contribution in [0.5, 0.6) is 0 Å². The summed E-state index contributed by atoms with van der Waals surface area (Å²) >= 11 is 0. The minimum absolute atomic E-state index is 0.367. The van der Waals surface area contributed by atoms with Gasteiger partial charge in [-0.2, -0.15) is 0 Å². The molecule has 0 atom stereocenters. The monoisotopic (exact) mass is 287 g/mol. The van der Waals surface area contributed by atoms with Gasteiger partial charge < -0.3 is 14.5 Å². The Kier molecular flexibility index (Phi) is 5.04. The standard InChI is InChI=1S/C17H21NO3/c1-4-7-13-8-5-6-9-16(13)18-11-14-10-15(12(2)21-14)17(19)20-3/h5-6,8-10,18H,4,7,11H2,1-3H3. The Morgan fingerprint density at radius 1 is 1.33 bits per heavy atom. The van der Waals surface area contributed by atoms with Crippen LogP contribution in [0.1, 0.15) is 40.8 Å². The Balaban J connectivity index is 2.08. The summed E-state index contributed by atoms with van der Waals surface area (Å²) in [4.78, 5) is 11.6. The third kappa shape index (κ3) is 3.66. The van der Waals surface area contributed by atoms with Crippen molar-refractivity contribution < 1.29 is 13.9 Å². The third-order valence-electron chi connectivity index (χ3n) is 3.36. The number of esters is 1. The van der Waals surface area contributed by atoms with Crippen molar-refractivity contribution in [1.82, 2.24) is 0 Å². The summed E-state index contributed by atoms with van der Waals surface area (Å²) in [6.45, 7) is 4.47. The van der Waals surface area contributed by atoms with Crippen LogP contribution in [0.4, 0.5) is 5.69 Å². The molecule has 2 rings (SSSR count). The predicted molar refractivity (Wildman–Crippen MR) is 82.5 cm³/mol. The number of rotatable bonds is 6. The highest BCUT2D eigenvalue weighted by Crippen LogP contribution is 2.20. The molecule has 1 N–H and O–H groups in total. The number of benzene rings is 1. The molecular formula is C17H21NO3. The van der Waals surface area contributed by atoms with Crippen molar-refractivity contribution in [3.05, 3.63) is 53.0 Å². The Morgan fingerprint density at radius 2 is 2.10 bits per heavy atom. The molecule has 0 aliphatic carbocycles. The fourth-order valence-corrected chi connectivity index (χ4v) is 2.31. The topological polar surface area (TPSA) is 51.5 Å². The number of furan rings is 1. The van der Waals surface area contributed by atoms with Gasteiger partial charge in [0.15, 0.2) is 0 Å². The van der Waals surface area contributed by atoms with Crippen LogP contribution in [0.2, 0.25) is 0 Å². The smallest absolute Gasteiger partial charge is 0.341 e. The highest BCUT2D eigenvalue weighted by molar-refractivity contribution is 5.90. The summed E-state index contributed by atoms with van der Waals surface area (Å²) in [6, 6.07) is 9.97. The van der Waals surface area contributed by atoms with Crippen LogP contribution in [0.15, 0.2) is 34.7 Å². The normalized spacial score (nSPS) is 10.4. The molecule has 4 nitrogen and oxygen atoms in total. The predicted octanol–water partition coefficient (Wildman–Crippen LogP) is 3.94. The van der Waals surface area contributed by atoms with Gasteiger partial charge in [-0.3, -0.25) is 0 Å². The molecule has 21 heavy (non-hydrogen) atoms. The fraction of sp³-hybridized carbons (Fsp3) is 0.353. The van der Waals surface area contributed by atoms with Gasteiger partial charge in [0.2, 0.25) is 0 Å². The van der Waals surface area contributed by atoms with Crippen molar-refractivity contribution >= 4 is 11.7 Å². The Labute approximate surface area is 125 Å². The molecule has 4 heteroatoms. The van der Waals surface area contributed by atoms with Gasteiger partial charge in [-0.05, 0) is 31.0 Å². The van der Waals surface area contributed by atoms with Gasteiger partial charge in [-0.1, -0.05) is 31.5 Å². The van der Waals surface area contributed by atoms with Crippen molar-refractivity contribution in [3.8, 4) is 0 Å². The van der Waals surface area contributed by atoms with Crippen LogP contribution in [0, 0.1) is 6.92 Å². The number of anilines is 1. The van der Waals surface area contributed by atoms with E-state index in [1.807, 2.05) is 12.1 Å². The zero-order valence-corrected chi connectivity index (χ0v) is 12.7. The van der Waals surface area contributed by atoms with Gasteiger partial charge in [0.25, 0.3) is 0 Å². The second kappa shape index (κ2) is 6.97. The first-order valence-corrected chi connectivity index (χ1v) is 7.15. The maximum Gasteiger partial charge on any atom is 0.341 e. The van der Waals surface area contributed by atoms with E-state index >= 15 is 0 Å². The number of ether oxygens (including phenoxy) is 1. The molecule has 0 amide bonds. The highest BCUT2D eigenvalue weighted by atomic mass is 16.5. The van der Waals surface area contributed by atoms with E-state index in [0.717, 1.165) is 24.3 Å². The van der Waals surface area contributed by atoms with E-state index in [1.54, 1.807) is 13.0 Å². The molecule has 0 saturated carbocycles. The van der Waals surface area contributed by atoms with Crippen LogP contribution in [0.25, 0.3) is 0 Å². The van der Waals surface area contributed by atoms with Crippen LogP contribution in [-0.2, 0) is 17.7 Å². The zero-order chi connectivity index (χ0) is 15.2. The van der Waals surface area contributed by atoms with Crippen molar-refractivity contribution in [2.24, 2.45) is 0 Å². The molecule has 0 aliphatic heterocycles. The zero-order valence-electron chi connectivity index (χ0n) is 12.7. The van der Waals surface area contributed by atoms with Gasteiger partial charge in [0.05, 0.1) is 13.7 Å². The van der Waals surface area contributed by atoms with Gasteiger partial charge in [-0.25, -0.2) is 4.79 Å². The average Bonchev–Trinajstić information content (AvgIpc) is 2.87. The van der Waals surface area contributed by atoms with Crippen molar-refractivity contribution in [3.63, 3.8) is 0 Å². The van der Waals surface area contributed by atoms with Gasteiger partial charge in [0.1, 0.15) is 17.1 Å². The minimum Gasteiger partial charge on any atom is -0.465 e. The minimum atomic E-state index is -0.367. The first-order chi connectivity index (χ1) is 10.2. The molecule has 0 radical (unpaired) electrons. The van der Waals surface area contributed by atoms with Crippen LogP contribution < -0.4 is 5.32 Å².